The van der Waals surface area contributed by atoms with Crippen LogP contribution in [-0.2, 0) is 4.79 Å². The highest BCUT2D eigenvalue weighted by molar-refractivity contribution is 5.78. The van der Waals surface area contributed by atoms with Crippen LogP contribution in [0.5, 0.6) is 5.75 Å². The molecule has 1 aromatic carbocycles. The zero-order valence-electron chi connectivity index (χ0n) is 9.51. The van der Waals surface area contributed by atoms with Crippen LogP contribution < -0.4 is 4.74 Å². The predicted octanol–water partition coefficient (Wildman–Crippen LogP) is 3.31. The minimum absolute atomic E-state index is 0.530. The molecule has 0 unspecified atom stereocenters. The number of carbonyl (C=O) groups is 1. The minimum Gasteiger partial charge on any atom is -0.420 e. The average Bonchev–Trinajstić information content (AvgIpc) is 2.23. The smallest absolute Gasteiger partial charge is 0.317 e. The van der Waals surface area contributed by atoms with E-state index in [1.165, 1.54) is 6.07 Å². The molecule has 0 fully saturated rings. The van der Waals surface area contributed by atoms with Crippen LogP contribution in [0.1, 0.15) is 27.2 Å². The molecule has 16 heavy (non-hydrogen) atoms. The fourth-order valence-electron chi connectivity index (χ4n) is 0.955. The molecule has 0 saturated heterocycles. The molecule has 0 radical (unpaired) electrons. The van der Waals surface area contributed by atoms with Gasteiger partial charge in [0.25, 0.3) is 0 Å². The van der Waals surface area contributed by atoms with Gasteiger partial charge in [0.2, 0.25) is 5.75 Å². The van der Waals surface area contributed by atoms with Crippen molar-refractivity contribution in [1.82, 2.24) is 0 Å². The number of para-hydroxylation sites is 1. The molecular weight excluding hydrogens is 214 g/mol. The van der Waals surface area contributed by atoms with E-state index in [0.717, 1.165) is 12.1 Å². The van der Waals surface area contributed by atoms with Crippen LogP contribution in [0.2, 0.25) is 0 Å². The Morgan fingerprint density at radius 2 is 1.81 bits per heavy atom. The van der Waals surface area contributed by atoms with Gasteiger partial charge in [-0.3, -0.25) is 4.79 Å². The van der Waals surface area contributed by atoms with Gasteiger partial charge in [0.15, 0.2) is 11.6 Å². The lowest BCUT2D eigenvalue weighted by molar-refractivity contribution is -0.144. The molecule has 0 amide bonds. The van der Waals surface area contributed by atoms with Crippen LogP contribution in [0.4, 0.5) is 8.78 Å². The highest BCUT2D eigenvalue weighted by Crippen LogP contribution is 2.26. The lowest BCUT2D eigenvalue weighted by atomic mass is 9.91. The Morgan fingerprint density at radius 1 is 1.31 bits per heavy atom. The van der Waals surface area contributed by atoms with E-state index in [2.05, 4.69) is 0 Å². The summed E-state index contributed by atoms with van der Waals surface area (Å²) in [5, 5.41) is 0. The standard InChI is InChI=1S/C12H14F2O2/c1-4-12(2,3)11(15)16-10-8(13)6-5-7-9(10)14/h5-7H,4H2,1-3H3. The van der Waals surface area contributed by atoms with Crippen molar-refractivity contribution in [3.8, 4) is 5.75 Å². The molecule has 0 aliphatic heterocycles. The van der Waals surface area contributed by atoms with Crippen LogP contribution in [0.25, 0.3) is 0 Å². The van der Waals surface area contributed by atoms with Crippen LogP contribution in [0.15, 0.2) is 18.2 Å². The zero-order valence-corrected chi connectivity index (χ0v) is 9.51. The van der Waals surface area contributed by atoms with E-state index >= 15 is 0 Å². The van der Waals surface area contributed by atoms with E-state index in [-0.39, 0.29) is 0 Å². The second-order valence-electron chi connectivity index (χ2n) is 4.18. The molecule has 0 aliphatic carbocycles. The van der Waals surface area contributed by atoms with Crippen LogP contribution >= 0.6 is 0 Å². The maximum atomic E-state index is 13.2. The molecule has 0 aliphatic rings. The highest BCUT2D eigenvalue weighted by atomic mass is 19.1. The van der Waals surface area contributed by atoms with Gasteiger partial charge in [-0.25, -0.2) is 8.78 Å². The summed E-state index contributed by atoms with van der Waals surface area (Å²) in [4.78, 5) is 11.6. The molecule has 1 rings (SSSR count). The van der Waals surface area contributed by atoms with Gasteiger partial charge >= 0.3 is 5.97 Å². The van der Waals surface area contributed by atoms with Gasteiger partial charge in [-0.15, -0.1) is 0 Å². The van der Waals surface area contributed by atoms with Crippen LogP contribution in [0.3, 0.4) is 0 Å². The van der Waals surface area contributed by atoms with Crippen molar-refractivity contribution in [2.45, 2.75) is 27.2 Å². The fraction of sp³-hybridized carbons (Fsp3) is 0.417. The molecule has 0 atom stereocenters. The molecule has 0 heterocycles. The number of hydrogen-bond acceptors (Lipinski definition) is 2. The van der Waals surface area contributed by atoms with E-state index in [9.17, 15) is 13.6 Å². The van der Waals surface area contributed by atoms with Crippen molar-refractivity contribution < 1.29 is 18.3 Å². The van der Waals surface area contributed by atoms with Gasteiger partial charge in [-0.05, 0) is 32.4 Å². The summed E-state index contributed by atoms with van der Waals surface area (Å²) in [5.74, 6) is -3.02. The lowest BCUT2D eigenvalue weighted by Gasteiger charge is -2.20. The largest absolute Gasteiger partial charge is 0.420 e. The molecule has 0 N–H and O–H groups in total. The van der Waals surface area contributed by atoms with E-state index in [1.54, 1.807) is 20.8 Å². The Balaban J connectivity index is 2.94. The van der Waals surface area contributed by atoms with Gasteiger partial charge < -0.3 is 4.74 Å². The monoisotopic (exact) mass is 228 g/mol. The Hall–Kier alpha value is -1.45. The number of hydrogen-bond donors (Lipinski definition) is 0. The van der Waals surface area contributed by atoms with Gasteiger partial charge in [-0.1, -0.05) is 13.0 Å². The van der Waals surface area contributed by atoms with Gasteiger partial charge in [0.1, 0.15) is 0 Å². The van der Waals surface area contributed by atoms with Crippen LogP contribution in [0, 0.1) is 17.0 Å². The third-order valence-corrected chi connectivity index (χ3v) is 2.55. The summed E-state index contributed by atoms with van der Waals surface area (Å²) in [6, 6.07) is 3.31. The van der Waals surface area contributed by atoms with Gasteiger partial charge in [-0.2, -0.15) is 0 Å². The van der Waals surface area contributed by atoms with E-state index in [1.807, 2.05) is 0 Å². The third-order valence-electron chi connectivity index (χ3n) is 2.55. The fourth-order valence-corrected chi connectivity index (χ4v) is 0.955. The SMILES string of the molecule is CCC(C)(C)C(=O)Oc1c(F)cccc1F. The molecule has 0 saturated carbocycles. The molecule has 0 aromatic heterocycles. The number of benzene rings is 1. The molecule has 1 aromatic rings. The first-order valence-electron chi connectivity index (χ1n) is 5.05. The minimum atomic E-state index is -0.875. The Morgan fingerprint density at radius 3 is 2.25 bits per heavy atom. The van der Waals surface area contributed by atoms with Crippen molar-refractivity contribution in [3.63, 3.8) is 0 Å². The molecule has 0 spiro atoms. The van der Waals surface area contributed by atoms with Crippen molar-refractivity contribution in [1.29, 1.82) is 0 Å². The second kappa shape index (κ2) is 4.60. The summed E-state index contributed by atoms with van der Waals surface area (Å²) in [5.41, 5.74) is -0.755. The molecular formula is C12H14F2O2. The van der Waals surface area contributed by atoms with Crippen molar-refractivity contribution in [3.05, 3.63) is 29.8 Å². The second-order valence-corrected chi connectivity index (χ2v) is 4.18. The Labute approximate surface area is 93.2 Å². The van der Waals surface area contributed by atoms with E-state index in [0.29, 0.717) is 6.42 Å². The van der Waals surface area contributed by atoms with E-state index < -0.39 is 28.8 Å². The summed E-state index contributed by atoms with van der Waals surface area (Å²) >= 11 is 0. The topological polar surface area (TPSA) is 26.3 Å². The van der Waals surface area contributed by atoms with Crippen molar-refractivity contribution in [2.24, 2.45) is 5.41 Å². The number of rotatable bonds is 3. The number of halogens is 2. The number of carbonyl (C=O) groups excluding carboxylic acids is 1. The zero-order chi connectivity index (χ0) is 12.3. The first-order valence-corrected chi connectivity index (χ1v) is 5.05. The summed E-state index contributed by atoms with van der Waals surface area (Å²) in [6.45, 7) is 5.13. The highest BCUT2D eigenvalue weighted by Gasteiger charge is 2.29. The van der Waals surface area contributed by atoms with Crippen molar-refractivity contribution >= 4 is 5.97 Å². The third kappa shape index (κ3) is 2.56. The lowest BCUT2D eigenvalue weighted by Crippen LogP contribution is -2.28. The molecule has 2 nitrogen and oxygen atoms in total. The quantitative estimate of drug-likeness (QED) is 0.586. The predicted molar refractivity (Wildman–Crippen MR) is 56.1 cm³/mol. The van der Waals surface area contributed by atoms with Crippen molar-refractivity contribution in [2.75, 3.05) is 0 Å². The Bertz CT molecular complexity index is 380. The first kappa shape index (κ1) is 12.6. The summed E-state index contributed by atoms with van der Waals surface area (Å²) in [7, 11) is 0. The Kier molecular flexibility index (Phi) is 3.62. The summed E-state index contributed by atoms with van der Waals surface area (Å²) < 4.78 is 31.1. The number of esters is 1. The molecule has 0 bridgehead atoms. The van der Waals surface area contributed by atoms with Gasteiger partial charge in [0.05, 0.1) is 5.41 Å². The maximum absolute atomic E-state index is 13.2. The molecule has 88 valence electrons. The normalized spacial score (nSPS) is 11.3. The number of ether oxygens (including phenoxy) is 1. The maximum Gasteiger partial charge on any atom is 0.317 e. The average molecular weight is 228 g/mol. The molecule has 4 heteroatoms. The first-order chi connectivity index (χ1) is 7.38. The van der Waals surface area contributed by atoms with Crippen LogP contribution in [-0.4, -0.2) is 5.97 Å². The van der Waals surface area contributed by atoms with Gasteiger partial charge in [0, 0.05) is 0 Å². The van der Waals surface area contributed by atoms with E-state index in [4.69, 9.17) is 4.74 Å². The summed E-state index contributed by atoms with van der Waals surface area (Å²) in [6.07, 6.45) is 0.530.